The highest BCUT2D eigenvalue weighted by molar-refractivity contribution is 6.05. The standard InChI is InChI=1S/C19H20N4O4/c24-16(22-17(25)14-5-2-1-3-6-14)13-27-18(26)15-7-11-23(12-8-15)19-20-9-4-10-21-19/h1-6,9-10,15H,7-8,11-13H2,(H,22,24,25). The third kappa shape index (κ3) is 5.10. The minimum absolute atomic E-state index is 0.275. The van der Waals surface area contributed by atoms with Crippen LogP contribution in [0.15, 0.2) is 48.8 Å². The zero-order valence-electron chi connectivity index (χ0n) is 14.7. The highest BCUT2D eigenvalue weighted by Crippen LogP contribution is 2.21. The van der Waals surface area contributed by atoms with Gasteiger partial charge in [-0.15, -0.1) is 0 Å². The topological polar surface area (TPSA) is 101 Å². The first-order chi connectivity index (χ1) is 13.1. The van der Waals surface area contributed by atoms with E-state index in [1.807, 2.05) is 4.90 Å². The summed E-state index contributed by atoms with van der Waals surface area (Å²) in [6, 6.07) is 10.1. The van der Waals surface area contributed by atoms with Gasteiger partial charge in [0.25, 0.3) is 11.8 Å². The highest BCUT2D eigenvalue weighted by atomic mass is 16.5. The number of esters is 1. The number of hydrogen-bond acceptors (Lipinski definition) is 7. The molecule has 1 aliphatic rings. The van der Waals surface area contributed by atoms with E-state index in [0.717, 1.165) is 0 Å². The molecule has 1 aromatic carbocycles. The fourth-order valence-corrected chi connectivity index (χ4v) is 2.85. The van der Waals surface area contributed by atoms with Crippen LogP contribution in [0.3, 0.4) is 0 Å². The lowest BCUT2D eigenvalue weighted by molar-refractivity contribution is -0.153. The van der Waals surface area contributed by atoms with Gasteiger partial charge < -0.3 is 9.64 Å². The van der Waals surface area contributed by atoms with Crippen molar-refractivity contribution in [1.29, 1.82) is 0 Å². The average Bonchev–Trinajstić information content (AvgIpc) is 2.73. The fourth-order valence-electron chi connectivity index (χ4n) is 2.85. The molecule has 1 N–H and O–H groups in total. The van der Waals surface area contributed by atoms with E-state index < -0.39 is 24.4 Å². The molecule has 1 aliphatic heterocycles. The van der Waals surface area contributed by atoms with Gasteiger partial charge in [0.2, 0.25) is 5.95 Å². The normalized spacial score (nSPS) is 14.4. The van der Waals surface area contributed by atoms with Crippen molar-refractivity contribution < 1.29 is 19.1 Å². The maximum Gasteiger partial charge on any atom is 0.309 e. The summed E-state index contributed by atoms with van der Waals surface area (Å²) in [5.41, 5.74) is 0.368. The van der Waals surface area contributed by atoms with E-state index in [9.17, 15) is 14.4 Å². The molecule has 0 bridgehead atoms. The van der Waals surface area contributed by atoms with Gasteiger partial charge in [-0.3, -0.25) is 19.7 Å². The predicted molar refractivity (Wildman–Crippen MR) is 96.8 cm³/mol. The quantitative estimate of drug-likeness (QED) is 0.791. The zero-order valence-corrected chi connectivity index (χ0v) is 14.7. The largest absolute Gasteiger partial charge is 0.455 e. The fraction of sp³-hybridized carbons (Fsp3) is 0.316. The van der Waals surface area contributed by atoms with Crippen molar-refractivity contribution in [3.63, 3.8) is 0 Å². The number of benzene rings is 1. The first-order valence-corrected chi connectivity index (χ1v) is 8.71. The van der Waals surface area contributed by atoms with Crippen LogP contribution in [0.5, 0.6) is 0 Å². The monoisotopic (exact) mass is 368 g/mol. The van der Waals surface area contributed by atoms with Gasteiger partial charge in [-0.1, -0.05) is 18.2 Å². The summed E-state index contributed by atoms with van der Waals surface area (Å²) in [7, 11) is 0. The Labute approximate surface area is 156 Å². The number of carbonyl (C=O) groups is 3. The van der Waals surface area contributed by atoms with E-state index in [1.165, 1.54) is 0 Å². The minimum Gasteiger partial charge on any atom is -0.455 e. The van der Waals surface area contributed by atoms with E-state index in [4.69, 9.17) is 4.74 Å². The zero-order chi connectivity index (χ0) is 19.1. The number of piperidine rings is 1. The van der Waals surface area contributed by atoms with Crippen LogP contribution in [-0.4, -0.2) is 47.4 Å². The van der Waals surface area contributed by atoms with Crippen LogP contribution in [-0.2, 0) is 14.3 Å². The van der Waals surface area contributed by atoms with Crippen molar-refractivity contribution in [2.24, 2.45) is 5.92 Å². The number of hydrogen-bond donors (Lipinski definition) is 1. The summed E-state index contributed by atoms with van der Waals surface area (Å²) in [6.07, 6.45) is 4.55. The van der Waals surface area contributed by atoms with Crippen molar-refractivity contribution in [2.75, 3.05) is 24.6 Å². The van der Waals surface area contributed by atoms with E-state index in [0.29, 0.717) is 37.4 Å². The summed E-state index contributed by atoms with van der Waals surface area (Å²) in [5.74, 6) is -1.23. The molecule has 0 atom stereocenters. The lowest BCUT2D eigenvalue weighted by atomic mass is 9.97. The number of rotatable bonds is 5. The molecule has 1 saturated heterocycles. The van der Waals surface area contributed by atoms with Crippen LogP contribution in [0, 0.1) is 5.92 Å². The second-order valence-electron chi connectivity index (χ2n) is 6.16. The smallest absolute Gasteiger partial charge is 0.309 e. The van der Waals surface area contributed by atoms with Gasteiger partial charge in [0.15, 0.2) is 6.61 Å². The van der Waals surface area contributed by atoms with E-state index in [-0.39, 0.29) is 5.92 Å². The molecule has 3 rings (SSSR count). The number of imide groups is 1. The molecule has 27 heavy (non-hydrogen) atoms. The number of anilines is 1. The summed E-state index contributed by atoms with van der Waals surface area (Å²) >= 11 is 0. The Balaban J connectivity index is 1.41. The van der Waals surface area contributed by atoms with Crippen molar-refractivity contribution >= 4 is 23.7 Å². The number of aromatic nitrogens is 2. The first-order valence-electron chi connectivity index (χ1n) is 8.71. The molecule has 8 heteroatoms. The second kappa shape index (κ2) is 8.88. The molecule has 0 aliphatic carbocycles. The summed E-state index contributed by atoms with van der Waals surface area (Å²) in [6.45, 7) is 0.810. The highest BCUT2D eigenvalue weighted by Gasteiger charge is 2.27. The number of amides is 2. The van der Waals surface area contributed by atoms with Gasteiger partial charge in [0.1, 0.15) is 0 Å². The molecule has 1 fully saturated rings. The SMILES string of the molecule is O=C(COC(=O)C1CCN(c2ncccn2)CC1)NC(=O)c1ccccc1. The summed E-state index contributed by atoms with van der Waals surface area (Å²) in [5, 5.41) is 2.20. The Morgan fingerprint density at radius 2 is 1.70 bits per heavy atom. The molecule has 140 valence electrons. The number of ether oxygens (including phenoxy) is 1. The average molecular weight is 368 g/mol. The Morgan fingerprint density at radius 3 is 2.37 bits per heavy atom. The van der Waals surface area contributed by atoms with Crippen LogP contribution in [0.25, 0.3) is 0 Å². The molecule has 2 aromatic rings. The van der Waals surface area contributed by atoms with Crippen LogP contribution < -0.4 is 10.2 Å². The first kappa shape index (κ1) is 18.5. The molecule has 0 radical (unpaired) electrons. The predicted octanol–water partition coefficient (Wildman–Crippen LogP) is 1.19. The van der Waals surface area contributed by atoms with Gasteiger partial charge in [-0.25, -0.2) is 9.97 Å². The van der Waals surface area contributed by atoms with E-state index in [1.54, 1.807) is 48.8 Å². The van der Waals surface area contributed by atoms with Crippen LogP contribution in [0.4, 0.5) is 5.95 Å². The van der Waals surface area contributed by atoms with Gasteiger partial charge in [-0.05, 0) is 31.0 Å². The molecule has 0 unspecified atom stereocenters. The van der Waals surface area contributed by atoms with Crippen LogP contribution in [0.2, 0.25) is 0 Å². The lowest BCUT2D eigenvalue weighted by Gasteiger charge is -2.30. The molecule has 8 nitrogen and oxygen atoms in total. The number of carbonyl (C=O) groups excluding carboxylic acids is 3. The molecule has 2 amide bonds. The summed E-state index contributed by atoms with van der Waals surface area (Å²) < 4.78 is 5.07. The lowest BCUT2D eigenvalue weighted by Crippen LogP contribution is -2.39. The van der Waals surface area contributed by atoms with Crippen LogP contribution >= 0.6 is 0 Å². The van der Waals surface area contributed by atoms with Crippen molar-refractivity contribution in [3.8, 4) is 0 Å². The second-order valence-corrected chi connectivity index (χ2v) is 6.16. The van der Waals surface area contributed by atoms with Gasteiger partial charge in [-0.2, -0.15) is 0 Å². The number of nitrogens with one attached hydrogen (secondary N) is 1. The Kier molecular flexibility index (Phi) is 6.09. The summed E-state index contributed by atoms with van der Waals surface area (Å²) in [4.78, 5) is 46.3. The third-order valence-electron chi connectivity index (χ3n) is 4.30. The number of nitrogens with zero attached hydrogens (tertiary/aromatic N) is 3. The third-order valence-corrected chi connectivity index (χ3v) is 4.30. The molecule has 0 spiro atoms. The van der Waals surface area contributed by atoms with Crippen molar-refractivity contribution in [1.82, 2.24) is 15.3 Å². The minimum atomic E-state index is -0.646. The van der Waals surface area contributed by atoms with Crippen molar-refractivity contribution in [2.45, 2.75) is 12.8 Å². The van der Waals surface area contributed by atoms with Gasteiger partial charge in [0, 0.05) is 31.0 Å². The van der Waals surface area contributed by atoms with Gasteiger partial charge in [0.05, 0.1) is 5.92 Å². The molecule has 2 heterocycles. The molecule has 0 saturated carbocycles. The Bertz CT molecular complexity index is 790. The van der Waals surface area contributed by atoms with Crippen molar-refractivity contribution in [3.05, 3.63) is 54.4 Å². The van der Waals surface area contributed by atoms with Crippen LogP contribution in [0.1, 0.15) is 23.2 Å². The van der Waals surface area contributed by atoms with Gasteiger partial charge >= 0.3 is 5.97 Å². The molecule has 1 aromatic heterocycles. The Hall–Kier alpha value is -3.29. The molecular formula is C19H20N4O4. The maximum absolute atomic E-state index is 12.2. The van der Waals surface area contributed by atoms with E-state index in [2.05, 4.69) is 15.3 Å². The van der Waals surface area contributed by atoms with E-state index >= 15 is 0 Å². The Morgan fingerprint density at radius 1 is 1.04 bits per heavy atom. The molecular weight excluding hydrogens is 348 g/mol. The maximum atomic E-state index is 12.2.